The maximum Gasteiger partial charge on any atom is 0.145 e. The van der Waals surface area contributed by atoms with Crippen LogP contribution in [0.25, 0.3) is 11.0 Å². The largest absolute Gasteiger partial charge is 0.381 e. The Labute approximate surface area is 106 Å². The van der Waals surface area contributed by atoms with E-state index in [1.54, 1.807) is 6.20 Å². The first-order valence-corrected chi connectivity index (χ1v) is 6.29. The Balaban J connectivity index is 1.74. The summed E-state index contributed by atoms with van der Waals surface area (Å²) in [5.74, 6) is 0.835. The zero-order chi connectivity index (χ0) is 12.4. The van der Waals surface area contributed by atoms with Gasteiger partial charge in [0, 0.05) is 18.6 Å². The highest BCUT2D eigenvalue weighted by atomic mass is 16.5. The average Bonchev–Trinajstić information content (AvgIpc) is 2.84. The Bertz CT molecular complexity index is 549. The summed E-state index contributed by atoms with van der Waals surface area (Å²) in [6, 6.07) is 7.90. The van der Waals surface area contributed by atoms with Crippen molar-refractivity contribution in [2.24, 2.45) is 5.41 Å². The lowest BCUT2D eigenvalue weighted by Gasteiger charge is -2.22. The third kappa shape index (κ3) is 2.29. The van der Waals surface area contributed by atoms with Crippen molar-refractivity contribution >= 4 is 16.9 Å². The number of ether oxygens (including phenoxy) is 1. The quantitative estimate of drug-likeness (QED) is 0.899. The van der Waals surface area contributed by atoms with Crippen LogP contribution < -0.4 is 5.32 Å². The Kier molecular flexibility index (Phi) is 2.88. The second-order valence-corrected chi connectivity index (χ2v) is 5.21. The van der Waals surface area contributed by atoms with Crippen LogP contribution in [0.15, 0.2) is 30.5 Å². The molecule has 1 saturated heterocycles. The van der Waals surface area contributed by atoms with Gasteiger partial charge in [-0.05, 0) is 18.6 Å². The molecule has 0 radical (unpaired) electrons. The lowest BCUT2D eigenvalue weighted by atomic mass is 9.90. The van der Waals surface area contributed by atoms with Crippen molar-refractivity contribution in [2.75, 3.05) is 25.1 Å². The molecule has 0 saturated carbocycles. The number of hydrogen-bond donors (Lipinski definition) is 1. The van der Waals surface area contributed by atoms with Gasteiger partial charge >= 0.3 is 0 Å². The molecule has 94 valence electrons. The number of para-hydroxylation sites is 2. The third-order valence-corrected chi connectivity index (χ3v) is 3.45. The number of aromatic nitrogens is 2. The number of rotatable bonds is 3. The van der Waals surface area contributed by atoms with Crippen molar-refractivity contribution in [2.45, 2.75) is 13.3 Å². The average molecular weight is 243 g/mol. The van der Waals surface area contributed by atoms with Gasteiger partial charge in [-0.15, -0.1) is 0 Å². The van der Waals surface area contributed by atoms with Crippen molar-refractivity contribution < 1.29 is 4.74 Å². The number of fused-ring (bicyclic) bond motifs is 1. The summed E-state index contributed by atoms with van der Waals surface area (Å²) < 4.78 is 5.44. The second-order valence-electron chi connectivity index (χ2n) is 5.21. The van der Waals surface area contributed by atoms with E-state index in [2.05, 4.69) is 22.2 Å². The molecule has 4 heteroatoms. The Morgan fingerprint density at radius 1 is 1.33 bits per heavy atom. The van der Waals surface area contributed by atoms with E-state index < -0.39 is 0 Å². The fourth-order valence-electron chi connectivity index (χ4n) is 2.20. The van der Waals surface area contributed by atoms with Gasteiger partial charge in [-0.1, -0.05) is 19.1 Å². The summed E-state index contributed by atoms with van der Waals surface area (Å²) in [4.78, 5) is 8.95. The Hall–Kier alpha value is -1.68. The number of benzene rings is 1. The monoisotopic (exact) mass is 243 g/mol. The van der Waals surface area contributed by atoms with E-state index in [4.69, 9.17) is 4.74 Å². The molecule has 0 spiro atoms. The zero-order valence-electron chi connectivity index (χ0n) is 10.5. The van der Waals surface area contributed by atoms with Gasteiger partial charge in [-0.2, -0.15) is 0 Å². The smallest absolute Gasteiger partial charge is 0.145 e. The van der Waals surface area contributed by atoms with Crippen molar-refractivity contribution in [3.05, 3.63) is 30.5 Å². The van der Waals surface area contributed by atoms with Gasteiger partial charge in [-0.25, -0.2) is 4.98 Å². The van der Waals surface area contributed by atoms with Crippen LogP contribution in [0.4, 0.5) is 5.82 Å². The highest BCUT2D eigenvalue weighted by Gasteiger charge is 2.29. The molecule has 1 aromatic carbocycles. The summed E-state index contributed by atoms with van der Waals surface area (Å²) in [6.45, 7) is 4.80. The Morgan fingerprint density at radius 2 is 2.17 bits per heavy atom. The molecular formula is C14H17N3O. The van der Waals surface area contributed by atoms with E-state index in [0.29, 0.717) is 0 Å². The molecule has 0 bridgehead atoms. The molecule has 18 heavy (non-hydrogen) atoms. The summed E-state index contributed by atoms with van der Waals surface area (Å²) in [5, 5.41) is 3.37. The first kappa shape index (κ1) is 11.4. The summed E-state index contributed by atoms with van der Waals surface area (Å²) in [7, 11) is 0. The van der Waals surface area contributed by atoms with Gasteiger partial charge in [0.05, 0.1) is 23.8 Å². The first-order valence-electron chi connectivity index (χ1n) is 6.29. The molecule has 0 unspecified atom stereocenters. The van der Waals surface area contributed by atoms with Gasteiger partial charge in [0.1, 0.15) is 5.82 Å². The standard InChI is InChI=1S/C14H17N3O/c1-14(6-7-18-10-14)9-16-13-8-15-11-4-2-3-5-12(11)17-13/h2-5,8H,6-7,9-10H2,1H3,(H,16,17)/t14-/m0/s1. The van der Waals surface area contributed by atoms with Crippen molar-refractivity contribution in [3.8, 4) is 0 Å². The van der Waals surface area contributed by atoms with Crippen LogP contribution in [0.5, 0.6) is 0 Å². The third-order valence-electron chi connectivity index (χ3n) is 3.45. The summed E-state index contributed by atoms with van der Waals surface area (Å²) in [6.07, 6.45) is 2.89. The molecule has 0 amide bonds. The normalized spacial score (nSPS) is 23.4. The molecule has 1 aromatic heterocycles. The Morgan fingerprint density at radius 3 is 2.94 bits per heavy atom. The van der Waals surface area contributed by atoms with Crippen LogP contribution in [0.1, 0.15) is 13.3 Å². The molecule has 1 atom stereocenters. The topological polar surface area (TPSA) is 47.0 Å². The molecule has 1 fully saturated rings. The van der Waals surface area contributed by atoms with E-state index in [1.807, 2.05) is 24.3 Å². The minimum Gasteiger partial charge on any atom is -0.381 e. The summed E-state index contributed by atoms with van der Waals surface area (Å²) >= 11 is 0. The fraction of sp³-hybridized carbons (Fsp3) is 0.429. The van der Waals surface area contributed by atoms with Crippen LogP contribution in [0.2, 0.25) is 0 Å². The molecule has 4 nitrogen and oxygen atoms in total. The predicted octanol–water partition coefficient (Wildman–Crippen LogP) is 2.47. The highest BCUT2D eigenvalue weighted by molar-refractivity contribution is 5.75. The van der Waals surface area contributed by atoms with Gasteiger partial charge in [-0.3, -0.25) is 4.98 Å². The van der Waals surface area contributed by atoms with Gasteiger partial charge in [0.25, 0.3) is 0 Å². The second kappa shape index (κ2) is 4.53. The maximum atomic E-state index is 5.44. The lowest BCUT2D eigenvalue weighted by molar-refractivity contribution is 0.164. The van der Waals surface area contributed by atoms with Crippen LogP contribution >= 0.6 is 0 Å². The van der Waals surface area contributed by atoms with E-state index in [9.17, 15) is 0 Å². The first-order chi connectivity index (χ1) is 8.75. The molecule has 1 aliphatic rings. The van der Waals surface area contributed by atoms with Crippen molar-refractivity contribution in [1.29, 1.82) is 0 Å². The molecule has 0 aliphatic carbocycles. The maximum absolute atomic E-state index is 5.44. The zero-order valence-corrected chi connectivity index (χ0v) is 10.5. The molecule has 1 N–H and O–H groups in total. The van der Waals surface area contributed by atoms with Crippen LogP contribution in [0, 0.1) is 5.41 Å². The van der Waals surface area contributed by atoms with E-state index >= 15 is 0 Å². The molecule has 1 aliphatic heterocycles. The number of nitrogens with one attached hydrogen (secondary N) is 1. The lowest BCUT2D eigenvalue weighted by Crippen LogP contribution is -2.27. The number of anilines is 1. The SMILES string of the molecule is C[C@@]1(CNc2cnc3ccccc3n2)CCOC1. The van der Waals surface area contributed by atoms with E-state index in [1.165, 1.54) is 0 Å². The van der Waals surface area contributed by atoms with Crippen molar-refractivity contribution in [1.82, 2.24) is 9.97 Å². The van der Waals surface area contributed by atoms with Gasteiger partial charge in [0.15, 0.2) is 0 Å². The van der Waals surface area contributed by atoms with Gasteiger partial charge < -0.3 is 10.1 Å². The summed E-state index contributed by atoms with van der Waals surface area (Å²) in [5.41, 5.74) is 2.07. The molecular weight excluding hydrogens is 226 g/mol. The highest BCUT2D eigenvalue weighted by Crippen LogP contribution is 2.27. The van der Waals surface area contributed by atoms with Crippen LogP contribution in [-0.4, -0.2) is 29.7 Å². The number of nitrogens with zero attached hydrogens (tertiary/aromatic N) is 2. The molecule has 3 rings (SSSR count). The van der Waals surface area contributed by atoms with E-state index in [0.717, 1.165) is 43.0 Å². The minimum atomic E-state index is 0.216. The fourth-order valence-corrected chi connectivity index (χ4v) is 2.20. The minimum absolute atomic E-state index is 0.216. The van der Waals surface area contributed by atoms with Gasteiger partial charge in [0.2, 0.25) is 0 Å². The number of hydrogen-bond acceptors (Lipinski definition) is 4. The van der Waals surface area contributed by atoms with E-state index in [-0.39, 0.29) is 5.41 Å². The van der Waals surface area contributed by atoms with Crippen molar-refractivity contribution in [3.63, 3.8) is 0 Å². The van der Waals surface area contributed by atoms with Crippen LogP contribution in [-0.2, 0) is 4.74 Å². The predicted molar refractivity (Wildman–Crippen MR) is 71.6 cm³/mol. The van der Waals surface area contributed by atoms with Crippen LogP contribution in [0.3, 0.4) is 0 Å². The molecule has 2 heterocycles. The molecule has 2 aromatic rings.